The number of carbonyl (C=O) groups excluding carboxylic acids is 1. The van der Waals surface area contributed by atoms with E-state index in [2.05, 4.69) is 10.6 Å². The van der Waals surface area contributed by atoms with E-state index in [-0.39, 0.29) is 11.9 Å². The monoisotopic (exact) mass is 254 g/mol. The van der Waals surface area contributed by atoms with Crippen molar-refractivity contribution in [1.82, 2.24) is 10.6 Å². The third-order valence-electron chi connectivity index (χ3n) is 2.81. The van der Waals surface area contributed by atoms with Crippen molar-refractivity contribution in [2.45, 2.75) is 12.5 Å². The molecule has 1 unspecified atom stereocenters. The molecule has 1 aliphatic rings. The highest BCUT2D eigenvalue weighted by molar-refractivity contribution is 6.32. The fourth-order valence-electron chi connectivity index (χ4n) is 1.91. The average molecular weight is 255 g/mol. The fraction of sp³-hybridized carbons (Fsp3) is 0.417. The molecule has 0 bridgehead atoms. The van der Waals surface area contributed by atoms with E-state index in [9.17, 15) is 4.79 Å². The standard InChI is InChI=1S/C12H15ClN2O2/c1-17-11-3-2-8(6-9(11)13)10-7-12(16)15-5-4-14-10/h2-3,6,10,14H,4-5,7H2,1H3,(H,15,16). The molecule has 1 aliphatic heterocycles. The van der Waals surface area contributed by atoms with Crippen LogP contribution < -0.4 is 15.4 Å². The third-order valence-corrected chi connectivity index (χ3v) is 3.10. The van der Waals surface area contributed by atoms with Crippen LogP contribution in [0.1, 0.15) is 18.0 Å². The zero-order chi connectivity index (χ0) is 12.3. The summed E-state index contributed by atoms with van der Waals surface area (Å²) in [6, 6.07) is 5.61. The highest BCUT2D eigenvalue weighted by Gasteiger charge is 2.19. The lowest BCUT2D eigenvalue weighted by atomic mass is 10.0. The number of benzene rings is 1. The lowest BCUT2D eigenvalue weighted by Crippen LogP contribution is -2.24. The summed E-state index contributed by atoms with van der Waals surface area (Å²) in [5, 5.41) is 6.70. The Bertz CT molecular complexity index is 423. The van der Waals surface area contributed by atoms with E-state index < -0.39 is 0 Å². The maximum atomic E-state index is 11.5. The SMILES string of the molecule is COc1ccc(C2CC(=O)NCCN2)cc1Cl. The summed E-state index contributed by atoms with van der Waals surface area (Å²) in [7, 11) is 1.58. The van der Waals surface area contributed by atoms with Gasteiger partial charge in [-0.25, -0.2) is 0 Å². The summed E-state index contributed by atoms with van der Waals surface area (Å²) < 4.78 is 5.10. The van der Waals surface area contributed by atoms with Crippen LogP contribution in [0.2, 0.25) is 5.02 Å². The quantitative estimate of drug-likeness (QED) is 0.841. The molecule has 2 N–H and O–H groups in total. The first-order valence-electron chi connectivity index (χ1n) is 5.54. The van der Waals surface area contributed by atoms with Crippen LogP contribution >= 0.6 is 11.6 Å². The van der Waals surface area contributed by atoms with Crippen LogP contribution in [-0.2, 0) is 4.79 Å². The highest BCUT2D eigenvalue weighted by Crippen LogP contribution is 2.28. The summed E-state index contributed by atoms with van der Waals surface area (Å²) >= 11 is 6.07. The third kappa shape index (κ3) is 2.90. The molecule has 4 nitrogen and oxygen atoms in total. The second-order valence-corrected chi connectivity index (χ2v) is 4.36. The molecule has 0 aromatic heterocycles. The van der Waals surface area contributed by atoms with Crippen molar-refractivity contribution in [3.05, 3.63) is 28.8 Å². The maximum Gasteiger partial charge on any atom is 0.221 e. The zero-order valence-corrected chi connectivity index (χ0v) is 10.4. The Morgan fingerprint density at radius 2 is 2.24 bits per heavy atom. The summed E-state index contributed by atoms with van der Waals surface area (Å²) in [5.74, 6) is 0.709. The van der Waals surface area contributed by atoms with E-state index >= 15 is 0 Å². The summed E-state index contributed by atoms with van der Waals surface area (Å²) in [6.07, 6.45) is 0.433. The number of carbonyl (C=O) groups is 1. The van der Waals surface area contributed by atoms with E-state index in [1.54, 1.807) is 7.11 Å². The Balaban J connectivity index is 2.20. The molecule has 17 heavy (non-hydrogen) atoms. The largest absolute Gasteiger partial charge is 0.495 e. The predicted molar refractivity (Wildman–Crippen MR) is 66.4 cm³/mol. The number of rotatable bonds is 2. The van der Waals surface area contributed by atoms with Gasteiger partial charge in [-0.15, -0.1) is 0 Å². The van der Waals surface area contributed by atoms with E-state index in [0.29, 0.717) is 23.7 Å². The minimum Gasteiger partial charge on any atom is -0.495 e. The molecule has 1 fully saturated rings. The molecular formula is C12H15ClN2O2. The average Bonchev–Trinajstić information content (AvgIpc) is 2.54. The molecule has 0 spiro atoms. The second-order valence-electron chi connectivity index (χ2n) is 3.95. The summed E-state index contributed by atoms with van der Waals surface area (Å²) in [5.41, 5.74) is 1.01. The van der Waals surface area contributed by atoms with Crippen LogP contribution in [0.25, 0.3) is 0 Å². The minimum absolute atomic E-state index is 0.0147. The Kier molecular flexibility index (Phi) is 3.86. The molecule has 1 amide bonds. The molecule has 1 aromatic rings. The van der Waals surface area contributed by atoms with Gasteiger partial charge in [0.25, 0.3) is 0 Å². The molecule has 0 radical (unpaired) electrons. The Labute approximate surface area is 105 Å². The number of hydrogen-bond donors (Lipinski definition) is 2. The topological polar surface area (TPSA) is 50.4 Å². The number of nitrogens with one attached hydrogen (secondary N) is 2. The molecule has 2 rings (SSSR count). The first kappa shape index (κ1) is 12.2. The van der Waals surface area contributed by atoms with E-state index in [0.717, 1.165) is 12.1 Å². The molecule has 0 aliphatic carbocycles. The Morgan fingerprint density at radius 1 is 1.41 bits per heavy atom. The molecule has 1 saturated heterocycles. The van der Waals surface area contributed by atoms with Gasteiger partial charge < -0.3 is 15.4 Å². The molecule has 1 heterocycles. The van der Waals surface area contributed by atoms with Gasteiger partial charge >= 0.3 is 0 Å². The molecule has 0 saturated carbocycles. The van der Waals surface area contributed by atoms with Crippen molar-refractivity contribution in [3.8, 4) is 5.75 Å². The number of ether oxygens (including phenoxy) is 1. The van der Waals surface area contributed by atoms with Crippen molar-refractivity contribution in [2.24, 2.45) is 0 Å². The van der Waals surface area contributed by atoms with E-state index in [1.807, 2.05) is 18.2 Å². The van der Waals surface area contributed by atoms with Crippen LogP contribution in [0.4, 0.5) is 0 Å². The summed E-state index contributed by atoms with van der Waals surface area (Å²) in [6.45, 7) is 1.43. The van der Waals surface area contributed by atoms with Crippen molar-refractivity contribution < 1.29 is 9.53 Å². The van der Waals surface area contributed by atoms with Crippen LogP contribution in [-0.4, -0.2) is 26.1 Å². The lowest BCUT2D eigenvalue weighted by Gasteiger charge is -2.16. The zero-order valence-electron chi connectivity index (χ0n) is 9.63. The van der Waals surface area contributed by atoms with Crippen LogP contribution in [0, 0.1) is 0 Å². The van der Waals surface area contributed by atoms with E-state index in [4.69, 9.17) is 16.3 Å². The van der Waals surface area contributed by atoms with Crippen LogP contribution in [0.5, 0.6) is 5.75 Å². The fourth-order valence-corrected chi connectivity index (χ4v) is 2.18. The normalized spacial score (nSPS) is 20.6. The predicted octanol–water partition coefficient (Wildman–Crippen LogP) is 1.50. The highest BCUT2D eigenvalue weighted by atomic mass is 35.5. The Hall–Kier alpha value is -1.26. The molecule has 1 aromatic carbocycles. The van der Waals surface area contributed by atoms with Crippen LogP contribution in [0.15, 0.2) is 18.2 Å². The van der Waals surface area contributed by atoms with Gasteiger partial charge in [0, 0.05) is 25.6 Å². The van der Waals surface area contributed by atoms with Gasteiger partial charge in [-0.2, -0.15) is 0 Å². The van der Waals surface area contributed by atoms with Gasteiger partial charge in [0.05, 0.1) is 12.1 Å². The first-order chi connectivity index (χ1) is 8.20. The van der Waals surface area contributed by atoms with Crippen molar-refractivity contribution in [2.75, 3.05) is 20.2 Å². The smallest absolute Gasteiger partial charge is 0.221 e. The van der Waals surface area contributed by atoms with Gasteiger partial charge in [-0.3, -0.25) is 4.79 Å². The molecular weight excluding hydrogens is 240 g/mol. The first-order valence-corrected chi connectivity index (χ1v) is 5.92. The number of halogens is 1. The van der Waals surface area contributed by atoms with Gasteiger partial charge in [0.2, 0.25) is 5.91 Å². The van der Waals surface area contributed by atoms with E-state index in [1.165, 1.54) is 0 Å². The number of methoxy groups -OCH3 is 1. The Morgan fingerprint density at radius 3 is 2.94 bits per heavy atom. The lowest BCUT2D eigenvalue weighted by molar-refractivity contribution is -0.121. The summed E-state index contributed by atoms with van der Waals surface area (Å²) in [4.78, 5) is 11.5. The van der Waals surface area contributed by atoms with Crippen molar-refractivity contribution >= 4 is 17.5 Å². The maximum absolute atomic E-state index is 11.5. The van der Waals surface area contributed by atoms with Crippen molar-refractivity contribution in [3.63, 3.8) is 0 Å². The number of hydrogen-bond acceptors (Lipinski definition) is 3. The number of amides is 1. The van der Waals surface area contributed by atoms with Crippen LogP contribution in [0.3, 0.4) is 0 Å². The molecule has 5 heteroatoms. The van der Waals surface area contributed by atoms with Gasteiger partial charge in [0.15, 0.2) is 0 Å². The molecule has 1 atom stereocenters. The van der Waals surface area contributed by atoms with Gasteiger partial charge in [-0.1, -0.05) is 17.7 Å². The van der Waals surface area contributed by atoms with Gasteiger partial charge in [-0.05, 0) is 17.7 Å². The van der Waals surface area contributed by atoms with Gasteiger partial charge in [0.1, 0.15) is 5.75 Å². The second kappa shape index (κ2) is 5.38. The van der Waals surface area contributed by atoms with Crippen molar-refractivity contribution in [1.29, 1.82) is 0 Å². The minimum atomic E-state index is 0.0147. The molecule has 92 valence electrons.